The number of Topliss-reactive ketones (excluding diaryl/α,β-unsaturated/α-hetero) is 1. The number of sulfonamides is 1. The van der Waals surface area contributed by atoms with Crippen molar-refractivity contribution in [2.75, 3.05) is 13.7 Å². The van der Waals surface area contributed by atoms with E-state index in [2.05, 4.69) is 4.72 Å². The number of rotatable bonds is 9. The number of carboxylic acid groups (broad SMARTS) is 1. The molecule has 0 aliphatic rings. The minimum Gasteiger partial charge on any atom is -0.497 e. The Morgan fingerprint density at radius 3 is 2.33 bits per heavy atom. The summed E-state index contributed by atoms with van der Waals surface area (Å²) >= 11 is 0. The van der Waals surface area contributed by atoms with Gasteiger partial charge in [-0.1, -0.05) is 0 Å². The minimum atomic E-state index is -3.76. The van der Waals surface area contributed by atoms with Crippen molar-refractivity contribution in [2.24, 2.45) is 0 Å². The van der Waals surface area contributed by atoms with Crippen LogP contribution in [-0.2, 0) is 19.6 Å². The fourth-order valence-corrected chi connectivity index (χ4v) is 2.55. The van der Waals surface area contributed by atoms with Crippen molar-refractivity contribution in [1.82, 2.24) is 4.72 Å². The standard InChI is InChI=1S/C13H17NO6S/c1-20-11-5-7-12(8-6-11)21(18,19)14-9-10(15)3-2-4-13(16)17/h5-8,14H,2-4,9H2,1H3,(H,16,17). The number of ketones is 1. The summed E-state index contributed by atoms with van der Waals surface area (Å²) in [7, 11) is -2.29. The number of benzene rings is 1. The van der Waals surface area contributed by atoms with E-state index in [4.69, 9.17) is 9.84 Å². The highest BCUT2D eigenvalue weighted by molar-refractivity contribution is 7.89. The van der Waals surface area contributed by atoms with Crippen LogP contribution in [0, 0.1) is 0 Å². The third-order valence-electron chi connectivity index (χ3n) is 2.68. The number of carbonyl (C=O) groups excluding carboxylic acids is 1. The Labute approximate surface area is 123 Å². The lowest BCUT2D eigenvalue weighted by Crippen LogP contribution is -2.29. The third-order valence-corrected chi connectivity index (χ3v) is 4.09. The molecule has 7 nitrogen and oxygen atoms in total. The second-order valence-corrected chi connectivity index (χ2v) is 6.05. The van der Waals surface area contributed by atoms with Gasteiger partial charge < -0.3 is 9.84 Å². The van der Waals surface area contributed by atoms with E-state index in [1.165, 1.54) is 31.4 Å². The SMILES string of the molecule is COc1ccc(S(=O)(=O)NCC(=O)CCCC(=O)O)cc1. The highest BCUT2D eigenvalue weighted by atomic mass is 32.2. The van der Waals surface area contributed by atoms with Crippen molar-refractivity contribution in [2.45, 2.75) is 24.2 Å². The Bertz CT molecular complexity index is 594. The maximum atomic E-state index is 11.9. The quantitative estimate of drug-likeness (QED) is 0.697. The summed E-state index contributed by atoms with van der Waals surface area (Å²) in [5, 5.41) is 8.44. The molecule has 8 heteroatoms. The average molecular weight is 315 g/mol. The lowest BCUT2D eigenvalue weighted by molar-refractivity contribution is -0.137. The Morgan fingerprint density at radius 2 is 1.81 bits per heavy atom. The van der Waals surface area contributed by atoms with Crippen LogP contribution in [0.5, 0.6) is 5.75 Å². The fraction of sp³-hybridized carbons (Fsp3) is 0.385. The molecule has 1 aromatic rings. The number of nitrogens with one attached hydrogen (secondary N) is 1. The first-order chi connectivity index (χ1) is 9.85. The summed E-state index contributed by atoms with van der Waals surface area (Å²) in [6, 6.07) is 5.75. The molecule has 1 rings (SSSR count). The van der Waals surface area contributed by atoms with Gasteiger partial charge in [0.1, 0.15) is 11.5 Å². The molecular weight excluding hydrogens is 298 g/mol. The number of carboxylic acids is 1. The van der Waals surface area contributed by atoms with E-state index in [-0.39, 0.29) is 36.5 Å². The highest BCUT2D eigenvalue weighted by Gasteiger charge is 2.15. The monoisotopic (exact) mass is 315 g/mol. The Kier molecular flexibility index (Phi) is 6.32. The van der Waals surface area contributed by atoms with Crippen LogP contribution >= 0.6 is 0 Å². The molecule has 0 saturated carbocycles. The average Bonchev–Trinajstić information content (AvgIpc) is 2.45. The van der Waals surface area contributed by atoms with Crippen LogP contribution in [-0.4, -0.2) is 38.9 Å². The normalized spacial score (nSPS) is 11.1. The molecule has 0 fully saturated rings. The highest BCUT2D eigenvalue weighted by Crippen LogP contribution is 2.15. The lowest BCUT2D eigenvalue weighted by Gasteiger charge is -2.07. The third kappa shape index (κ3) is 5.92. The largest absolute Gasteiger partial charge is 0.497 e. The minimum absolute atomic E-state index is 0.0252. The Hall–Kier alpha value is -1.93. The summed E-state index contributed by atoms with van der Waals surface area (Å²) in [5.74, 6) is -0.811. The van der Waals surface area contributed by atoms with Crippen LogP contribution in [0.1, 0.15) is 19.3 Å². The van der Waals surface area contributed by atoms with Crippen LogP contribution < -0.4 is 9.46 Å². The van der Waals surface area contributed by atoms with Crippen LogP contribution in [0.2, 0.25) is 0 Å². The van der Waals surface area contributed by atoms with E-state index in [0.29, 0.717) is 5.75 Å². The van der Waals surface area contributed by atoms with Crippen LogP contribution in [0.4, 0.5) is 0 Å². The lowest BCUT2D eigenvalue weighted by atomic mass is 10.2. The van der Waals surface area contributed by atoms with Crippen LogP contribution in [0.3, 0.4) is 0 Å². The zero-order valence-corrected chi connectivity index (χ0v) is 12.4. The van der Waals surface area contributed by atoms with Gasteiger partial charge in [-0.15, -0.1) is 0 Å². The molecule has 116 valence electrons. The summed E-state index contributed by atoms with van der Waals surface area (Å²) < 4.78 is 31.0. The molecule has 0 aliphatic heterocycles. The van der Waals surface area contributed by atoms with Crippen molar-refractivity contribution in [1.29, 1.82) is 0 Å². The topological polar surface area (TPSA) is 110 Å². The van der Waals surface area contributed by atoms with E-state index in [0.717, 1.165) is 0 Å². The zero-order chi connectivity index (χ0) is 15.9. The second-order valence-electron chi connectivity index (χ2n) is 4.29. The molecule has 1 aromatic carbocycles. The number of hydrogen-bond acceptors (Lipinski definition) is 5. The number of carbonyl (C=O) groups is 2. The van der Waals surface area contributed by atoms with Gasteiger partial charge >= 0.3 is 5.97 Å². The smallest absolute Gasteiger partial charge is 0.303 e. The van der Waals surface area contributed by atoms with E-state index >= 15 is 0 Å². The number of hydrogen-bond donors (Lipinski definition) is 2. The van der Waals surface area contributed by atoms with E-state index in [9.17, 15) is 18.0 Å². The molecule has 0 saturated heterocycles. The molecule has 0 heterocycles. The van der Waals surface area contributed by atoms with Gasteiger partial charge in [-0.25, -0.2) is 13.1 Å². The van der Waals surface area contributed by atoms with Crippen molar-refractivity contribution in [3.63, 3.8) is 0 Å². The summed E-state index contributed by atoms with van der Waals surface area (Å²) in [5.41, 5.74) is 0. The molecule has 0 amide bonds. The number of ether oxygens (including phenoxy) is 1. The second kappa shape index (κ2) is 7.75. The first-order valence-corrected chi connectivity index (χ1v) is 7.70. The van der Waals surface area contributed by atoms with Gasteiger partial charge in [-0.3, -0.25) is 9.59 Å². The fourth-order valence-electron chi connectivity index (χ4n) is 1.54. The van der Waals surface area contributed by atoms with E-state index in [1.54, 1.807) is 0 Å². The number of methoxy groups -OCH3 is 1. The summed E-state index contributed by atoms with van der Waals surface area (Å²) in [6.45, 7) is -0.353. The van der Waals surface area contributed by atoms with Crippen LogP contribution in [0.25, 0.3) is 0 Å². The summed E-state index contributed by atoms with van der Waals surface area (Å²) in [4.78, 5) is 21.8. The zero-order valence-electron chi connectivity index (χ0n) is 11.5. The molecular formula is C13H17NO6S. The molecule has 0 atom stereocenters. The van der Waals surface area contributed by atoms with Crippen molar-refractivity contribution in [3.05, 3.63) is 24.3 Å². The molecule has 21 heavy (non-hydrogen) atoms. The molecule has 0 bridgehead atoms. The molecule has 0 aromatic heterocycles. The van der Waals surface area contributed by atoms with Crippen LogP contribution in [0.15, 0.2) is 29.2 Å². The van der Waals surface area contributed by atoms with E-state index in [1.807, 2.05) is 0 Å². The molecule has 0 unspecified atom stereocenters. The van der Waals surface area contributed by atoms with Gasteiger partial charge in [-0.05, 0) is 30.7 Å². The van der Waals surface area contributed by atoms with Gasteiger partial charge in [0.25, 0.3) is 0 Å². The van der Waals surface area contributed by atoms with Gasteiger partial charge in [0.15, 0.2) is 0 Å². The number of aliphatic carboxylic acids is 1. The predicted molar refractivity (Wildman–Crippen MR) is 74.7 cm³/mol. The van der Waals surface area contributed by atoms with Gasteiger partial charge in [-0.2, -0.15) is 0 Å². The Balaban J connectivity index is 2.52. The van der Waals surface area contributed by atoms with Crippen molar-refractivity contribution in [3.8, 4) is 5.75 Å². The molecule has 0 aliphatic carbocycles. The molecule has 0 radical (unpaired) electrons. The van der Waals surface area contributed by atoms with Gasteiger partial charge in [0, 0.05) is 12.8 Å². The van der Waals surface area contributed by atoms with Gasteiger partial charge in [0.05, 0.1) is 18.6 Å². The van der Waals surface area contributed by atoms with Crippen molar-refractivity contribution >= 4 is 21.8 Å². The maximum Gasteiger partial charge on any atom is 0.303 e. The van der Waals surface area contributed by atoms with Gasteiger partial charge in [0.2, 0.25) is 10.0 Å². The van der Waals surface area contributed by atoms with E-state index < -0.39 is 16.0 Å². The first-order valence-electron chi connectivity index (χ1n) is 6.22. The summed E-state index contributed by atoms with van der Waals surface area (Å²) in [6.07, 6.45) is 0.104. The first kappa shape index (κ1) is 17.1. The molecule has 0 spiro atoms. The van der Waals surface area contributed by atoms with Crippen molar-refractivity contribution < 1.29 is 27.9 Å². The molecule has 2 N–H and O–H groups in total. The maximum absolute atomic E-state index is 11.9. The Morgan fingerprint density at radius 1 is 1.19 bits per heavy atom. The predicted octanol–water partition coefficient (Wildman–Crippen LogP) is 0.797.